The van der Waals surface area contributed by atoms with E-state index in [4.69, 9.17) is 0 Å². The van der Waals surface area contributed by atoms with Crippen LogP contribution in [-0.2, 0) is 0 Å². The number of aromatic nitrogens is 2. The molecule has 0 saturated heterocycles. The number of aliphatic imine (C=N–C) groups is 1. The van der Waals surface area contributed by atoms with E-state index in [1.54, 1.807) is 0 Å². The summed E-state index contributed by atoms with van der Waals surface area (Å²) in [4.78, 5) is 16.0. The van der Waals surface area contributed by atoms with Crippen LogP contribution >= 0.6 is 0 Å². The van der Waals surface area contributed by atoms with Gasteiger partial charge in [-0.1, -0.05) is 44.2 Å². The Kier molecular flexibility index (Phi) is 6.88. The Morgan fingerprint density at radius 3 is 2.09 bits per heavy atom. The zero-order valence-corrected chi connectivity index (χ0v) is 18.6. The first kappa shape index (κ1) is 22.1. The smallest absolute Gasteiger partial charge is 0.225 e. The number of halogens is 2. The average molecular weight is 435 g/mol. The van der Waals surface area contributed by atoms with Crippen LogP contribution in [0.4, 0.5) is 14.7 Å². The van der Waals surface area contributed by atoms with E-state index in [-0.39, 0.29) is 11.6 Å². The predicted octanol–water partition coefficient (Wildman–Crippen LogP) is 6.37. The number of benzene rings is 2. The molecule has 1 aromatic heterocycles. The average Bonchev–Trinajstić information content (AvgIpc) is 3.29. The van der Waals surface area contributed by atoms with E-state index < -0.39 is 11.6 Å². The molecular formula is C26H28F2N4. The topological polar surface area (TPSA) is 41.4 Å². The van der Waals surface area contributed by atoms with Crippen molar-refractivity contribution in [2.45, 2.75) is 45.6 Å². The Bertz CT molecular complexity index is 1050. The van der Waals surface area contributed by atoms with Crippen LogP contribution in [0.2, 0.25) is 0 Å². The van der Waals surface area contributed by atoms with E-state index >= 15 is 0 Å². The van der Waals surface area contributed by atoms with E-state index in [1.165, 1.54) is 18.2 Å². The molecule has 0 N–H and O–H groups in total. The molecule has 0 fully saturated rings. The highest BCUT2D eigenvalue weighted by atomic mass is 19.1. The summed E-state index contributed by atoms with van der Waals surface area (Å²) in [6.45, 7) is 6.21. The van der Waals surface area contributed by atoms with Gasteiger partial charge in [-0.15, -0.1) is 0 Å². The molecule has 166 valence electrons. The maximum Gasteiger partial charge on any atom is 0.225 e. The van der Waals surface area contributed by atoms with Gasteiger partial charge in [0.15, 0.2) is 0 Å². The van der Waals surface area contributed by atoms with Gasteiger partial charge in [0.05, 0.1) is 11.6 Å². The first-order valence-corrected chi connectivity index (χ1v) is 11.3. The van der Waals surface area contributed by atoms with Crippen molar-refractivity contribution in [1.82, 2.24) is 9.97 Å². The summed E-state index contributed by atoms with van der Waals surface area (Å²) in [7, 11) is 0. The van der Waals surface area contributed by atoms with E-state index in [1.807, 2.05) is 36.7 Å². The van der Waals surface area contributed by atoms with Crippen LogP contribution in [0.1, 0.15) is 56.7 Å². The molecular weight excluding hydrogens is 406 g/mol. The molecule has 1 aliphatic rings. The third-order valence-corrected chi connectivity index (χ3v) is 5.75. The van der Waals surface area contributed by atoms with Crippen molar-refractivity contribution in [3.05, 3.63) is 77.6 Å². The van der Waals surface area contributed by atoms with Gasteiger partial charge in [-0.25, -0.2) is 18.7 Å². The molecule has 4 rings (SSSR count). The van der Waals surface area contributed by atoms with E-state index in [9.17, 15) is 8.78 Å². The molecule has 3 aromatic rings. The fourth-order valence-corrected chi connectivity index (χ4v) is 4.18. The summed E-state index contributed by atoms with van der Waals surface area (Å²) in [5.41, 5.74) is 3.53. The molecule has 4 nitrogen and oxygen atoms in total. The zero-order valence-electron chi connectivity index (χ0n) is 18.6. The first-order chi connectivity index (χ1) is 15.6. The van der Waals surface area contributed by atoms with Gasteiger partial charge in [0.1, 0.15) is 11.6 Å². The molecule has 0 spiro atoms. The number of rotatable bonds is 8. The fourth-order valence-electron chi connectivity index (χ4n) is 4.18. The van der Waals surface area contributed by atoms with Gasteiger partial charge in [0, 0.05) is 36.8 Å². The monoisotopic (exact) mass is 434 g/mol. The first-order valence-electron chi connectivity index (χ1n) is 11.3. The van der Waals surface area contributed by atoms with Crippen LogP contribution in [0.15, 0.2) is 59.9 Å². The van der Waals surface area contributed by atoms with Crippen LogP contribution in [-0.4, -0.2) is 28.8 Å². The van der Waals surface area contributed by atoms with Gasteiger partial charge < -0.3 is 4.90 Å². The Balaban J connectivity index is 1.50. The molecule has 0 aliphatic carbocycles. The Morgan fingerprint density at radius 2 is 1.50 bits per heavy atom. The second-order valence-electron chi connectivity index (χ2n) is 8.11. The predicted molar refractivity (Wildman–Crippen MR) is 125 cm³/mol. The number of nitrogens with zero attached hydrogens (tertiary/aromatic N) is 4. The summed E-state index contributed by atoms with van der Waals surface area (Å²) in [5, 5.41) is 0. The summed E-state index contributed by atoms with van der Waals surface area (Å²) in [6.07, 6.45) is 7.14. The third kappa shape index (κ3) is 4.69. The Hall–Kier alpha value is -3.15. The van der Waals surface area contributed by atoms with Gasteiger partial charge >= 0.3 is 0 Å². The second-order valence-corrected chi connectivity index (χ2v) is 8.11. The lowest BCUT2D eigenvalue weighted by atomic mass is 10.0. The summed E-state index contributed by atoms with van der Waals surface area (Å²) >= 11 is 0. The van der Waals surface area contributed by atoms with Crippen molar-refractivity contribution >= 4 is 11.7 Å². The molecule has 0 bridgehead atoms. The quantitative estimate of drug-likeness (QED) is 0.413. The van der Waals surface area contributed by atoms with E-state index in [2.05, 4.69) is 33.7 Å². The van der Waals surface area contributed by atoms with E-state index in [0.717, 1.165) is 55.0 Å². The maximum absolute atomic E-state index is 14.1. The van der Waals surface area contributed by atoms with Crippen LogP contribution < -0.4 is 4.90 Å². The largest absolute Gasteiger partial charge is 0.341 e. The lowest BCUT2D eigenvalue weighted by molar-refractivity contribution is 0.578. The van der Waals surface area contributed by atoms with Gasteiger partial charge in [-0.3, -0.25) is 4.99 Å². The van der Waals surface area contributed by atoms with Crippen molar-refractivity contribution in [2.75, 3.05) is 18.0 Å². The van der Waals surface area contributed by atoms with Crippen molar-refractivity contribution in [3.63, 3.8) is 0 Å². The molecule has 6 heteroatoms. The van der Waals surface area contributed by atoms with Gasteiger partial charge in [0.25, 0.3) is 0 Å². The van der Waals surface area contributed by atoms with Crippen molar-refractivity contribution in [2.24, 2.45) is 4.99 Å². The molecule has 0 saturated carbocycles. The van der Waals surface area contributed by atoms with E-state index in [0.29, 0.717) is 12.1 Å². The molecule has 0 radical (unpaired) electrons. The number of hydrogen-bond donors (Lipinski definition) is 0. The summed E-state index contributed by atoms with van der Waals surface area (Å²) in [6, 6.07) is 12.0. The summed E-state index contributed by atoms with van der Waals surface area (Å²) in [5.74, 6) is -0.346. The molecule has 1 unspecified atom stereocenters. The molecule has 2 heterocycles. The van der Waals surface area contributed by atoms with Crippen LogP contribution in [0, 0.1) is 11.6 Å². The minimum absolute atomic E-state index is 0.00375. The van der Waals surface area contributed by atoms with Gasteiger partial charge in [0.2, 0.25) is 5.95 Å². The lowest BCUT2D eigenvalue weighted by Gasteiger charge is -2.21. The lowest BCUT2D eigenvalue weighted by Crippen LogP contribution is -2.26. The number of hydrogen-bond acceptors (Lipinski definition) is 4. The molecule has 0 amide bonds. The van der Waals surface area contributed by atoms with Crippen LogP contribution in [0.25, 0.3) is 11.1 Å². The van der Waals surface area contributed by atoms with Crippen LogP contribution in [0.5, 0.6) is 0 Å². The fraction of sp³-hybridized carbons (Fsp3) is 0.346. The standard InChI is InChI=1S/C26H28F2N4/c1-3-14-32(15-4-2)26-29-16-20(17-30-26)18-8-10-19(11-9-18)23-12-13-24(31-23)25-21(27)6-5-7-22(25)28/h5-11,16-17,23H,3-4,12-15H2,1-2H3. The Morgan fingerprint density at radius 1 is 0.875 bits per heavy atom. The SMILES string of the molecule is CCCN(CCC)c1ncc(-c2ccc(C3CCC(c4c(F)cccc4F)=N3)cc2)cn1. The number of anilines is 1. The minimum Gasteiger partial charge on any atom is -0.341 e. The zero-order chi connectivity index (χ0) is 22.5. The highest BCUT2D eigenvalue weighted by Crippen LogP contribution is 2.33. The maximum atomic E-state index is 14.1. The highest BCUT2D eigenvalue weighted by Gasteiger charge is 2.24. The highest BCUT2D eigenvalue weighted by molar-refractivity contribution is 6.02. The minimum atomic E-state index is -0.556. The molecule has 1 aliphatic heterocycles. The second kappa shape index (κ2) is 9.98. The normalized spacial score (nSPS) is 15.6. The van der Waals surface area contributed by atoms with Crippen LogP contribution in [0.3, 0.4) is 0 Å². The van der Waals surface area contributed by atoms with Gasteiger partial charge in [-0.2, -0.15) is 0 Å². The third-order valence-electron chi connectivity index (χ3n) is 5.75. The molecule has 1 atom stereocenters. The van der Waals surface area contributed by atoms with Crippen molar-refractivity contribution in [3.8, 4) is 11.1 Å². The van der Waals surface area contributed by atoms with Gasteiger partial charge in [-0.05, 0) is 48.9 Å². The van der Waals surface area contributed by atoms with Crippen molar-refractivity contribution < 1.29 is 8.78 Å². The molecule has 32 heavy (non-hydrogen) atoms. The molecule has 2 aromatic carbocycles. The van der Waals surface area contributed by atoms with Crippen molar-refractivity contribution in [1.29, 1.82) is 0 Å². The Labute approximate surface area is 188 Å². The summed E-state index contributed by atoms with van der Waals surface area (Å²) < 4.78 is 28.2.